The molecule has 164 valence electrons. The summed E-state index contributed by atoms with van der Waals surface area (Å²) in [5.74, 6) is -0.510. The molecule has 0 saturated heterocycles. The first-order chi connectivity index (χ1) is 15.1. The van der Waals surface area contributed by atoms with Crippen molar-refractivity contribution in [1.29, 1.82) is 0 Å². The van der Waals surface area contributed by atoms with E-state index in [1.807, 2.05) is 27.9 Å². The monoisotopic (exact) mass is 533 g/mol. The van der Waals surface area contributed by atoms with Crippen LogP contribution in [0.3, 0.4) is 0 Å². The minimum atomic E-state index is -0.432. The van der Waals surface area contributed by atoms with Crippen LogP contribution in [0.2, 0.25) is 0 Å². The van der Waals surface area contributed by atoms with Crippen molar-refractivity contribution in [3.63, 3.8) is 0 Å². The third-order valence-corrected chi connectivity index (χ3v) is 6.86. The van der Waals surface area contributed by atoms with Crippen LogP contribution >= 0.6 is 39.7 Å². The number of halogens is 3. The Morgan fingerprint density at radius 1 is 1.06 bits per heavy atom. The standard InChI is InChI=1S/C23H17F2N3OS2.BrH/c1-29-21-9-6-15(11-17(21)25)19-13-31-23(26-19)28-20(14-4-7-16(24)8-5-14)12-18(27-28)22-3-2-10-30-22;/h2-11,13,20H,12H2,1H3;1H. The first-order valence-corrected chi connectivity index (χ1v) is 11.3. The van der Waals surface area contributed by atoms with E-state index in [-0.39, 0.29) is 34.6 Å². The fourth-order valence-corrected chi connectivity index (χ4v) is 5.10. The molecule has 0 fully saturated rings. The average Bonchev–Trinajstić information content (AvgIpc) is 3.54. The second-order valence-corrected chi connectivity index (χ2v) is 8.79. The van der Waals surface area contributed by atoms with Crippen LogP contribution in [0, 0.1) is 11.6 Å². The van der Waals surface area contributed by atoms with Crippen LogP contribution in [-0.2, 0) is 0 Å². The Morgan fingerprint density at radius 2 is 1.88 bits per heavy atom. The molecule has 1 unspecified atom stereocenters. The van der Waals surface area contributed by atoms with Crippen LogP contribution in [0.4, 0.5) is 13.9 Å². The van der Waals surface area contributed by atoms with E-state index in [1.165, 1.54) is 36.6 Å². The van der Waals surface area contributed by atoms with E-state index in [0.29, 0.717) is 22.8 Å². The summed E-state index contributed by atoms with van der Waals surface area (Å²) in [7, 11) is 1.44. The van der Waals surface area contributed by atoms with Gasteiger partial charge in [-0.15, -0.1) is 39.7 Å². The molecule has 5 rings (SSSR count). The third-order valence-electron chi connectivity index (χ3n) is 5.11. The van der Waals surface area contributed by atoms with Gasteiger partial charge in [-0.2, -0.15) is 5.10 Å². The van der Waals surface area contributed by atoms with E-state index in [2.05, 4.69) is 0 Å². The number of hydrazone groups is 1. The van der Waals surface area contributed by atoms with Crippen molar-refractivity contribution in [2.24, 2.45) is 5.10 Å². The summed E-state index contributed by atoms with van der Waals surface area (Å²) in [5.41, 5.74) is 3.26. The first-order valence-electron chi connectivity index (χ1n) is 9.58. The summed E-state index contributed by atoms with van der Waals surface area (Å²) in [6, 6.07) is 15.2. The van der Waals surface area contributed by atoms with Crippen molar-refractivity contribution >= 4 is 50.5 Å². The predicted octanol–water partition coefficient (Wildman–Crippen LogP) is 7.09. The topological polar surface area (TPSA) is 37.7 Å². The number of rotatable bonds is 5. The quantitative estimate of drug-likeness (QED) is 0.274. The summed E-state index contributed by atoms with van der Waals surface area (Å²) in [4.78, 5) is 5.83. The van der Waals surface area contributed by atoms with E-state index in [1.54, 1.807) is 35.6 Å². The smallest absolute Gasteiger partial charge is 0.207 e. The number of hydrogen-bond donors (Lipinski definition) is 0. The molecule has 0 bridgehead atoms. The number of ether oxygens (including phenoxy) is 1. The number of anilines is 1. The van der Waals surface area contributed by atoms with Gasteiger partial charge in [-0.1, -0.05) is 18.2 Å². The van der Waals surface area contributed by atoms with Gasteiger partial charge in [0.15, 0.2) is 11.6 Å². The third kappa shape index (κ3) is 4.32. The SMILES string of the molecule is Br.COc1ccc(-c2csc(N3N=C(c4cccs4)CC3c3ccc(F)cc3)n2)cc1F. The van der Waals surface area contributed by atoms with Crippen molar-refractivity contribution in [3.05, 3.63) is 87.4 Å². The maximum absolute atomic E-state index is 14.2. The second-order valence-electron chi connectivity index (χ2n) is 7.00. The number of methoxy groups -OCH3 is 1. The maximum atomic E-state index is 14.2. The Balaban J connectivity index is 0.00000245. The van der Waals surface area contributed by atoms with E-state index in [0.717, 1.165) is 16.2 Å². The number of thiophene rings is 1. The number of hydrogen-bond acceptors (Lipinski definition) is 6. The molecule has 0 amide bonds. The maximum Gasteiger partial charge on any atom is 0.207 e. The molecule has 1 aliphatic heterocycles. The van der Waals surface area contributed by atoms with E-state index in [4.69, 9.17) is 14.8 Å². The van der Waals surface area contributed by atoms with Gasteiger partial charge in [0, 0.05) is 17.4 Å². The minimum absolute atomic E-state index is 0. The van der Waals surface area contributed by atoms with Gasteiger partial charge < -0.3 is 4.74 Å². The van der Waals surface area contributed by atoms with Gasteiger partial charge in [0.25, 0.3) is 0 Å². The molecular weight excluding hydrogens is 516 g/mol. The van der Waals surface area contributed by atoms with Gasteiger partial charge in [0.2, 0.25) is 5.13 Å². The van der Waals surface area contributed by atoms with Gasteiger partial charge in [0.1, 0.15) is 5.82 Å². The van der Waals surface area contributed by atoms with E-state index >= 15 is 0 Å². The zero-order valence-corrected chi connectivity index (χ0v) is 20.2. The fraction of sp³-hybridized carbons (Fsp3) is 0.130. The van der Waals surface area contributed by atoms with Gasteiger partial charge in [-0.05, 0) is 47.3 Å². The normalized spacial score (nSPS) is 15.4. The summed E-state index contributed by atoms with van der Waals surface area (Å²) < 4.78 is 32.6. The molecular formula is C23H18BrF2N3OS2. The minimum Gasteiger partial charge on any atom is -0.494 e. The van der Waals surface area contributed by atoms with Crippen LogP contribution in [0.25, 0.3) is 11.3 Å². The number of aromatic nitrogens is 1. The first kappa shape index (κ1) is 22.6. The van der Waals surface area contributed by atoms with E-state index < -0.39 is 5.82 Å². The highest BCUT2D eigenvalue weighted by Crippen LogP contribution is 2.40. The molecule has 4 aromatic rings. The second kappa shape index (κ2) is 9.48. The van der Waals surface area contributed by atoms with Crippen LogP contribution < -0.4 is 9.75 Å². The van der Waals surface area contributed by atoms with Crippen molar-refractivity contribution in [2.45, 2.75) is 12.5 Å². The van der Waals surface area contributed by atoms with Crippen molar-refractivity contribution in [1.82, 2.24) is 4.98 Å². The van der Waals surface area contributed by atoms with E-state index in [9.17, 15) is 8.78 Å². The molecule has 0 N–H and O–H groups in total. The summed E-state index contributed by atoms with van der Waals surface area (Å²) in [6.07, 6.45) is 0.693. The molecule has 2 aromatic carbocycles. The molecule has 0 saturated carbocycles. The molecule has 4 nitrogen and oxygen atoms in total. The lowest BCUT2D eigenvalue weighted by Crippen LogP contribution is -2.18. The largest absolute Gasteiger partial charge is 0.494 e. The molecule has 2 aromatic heterocycles. The Bertz CT molecular complexity index is 1240. The Kier molecular flexibility index (Phi) is 6.68. The lowest BCUT2D eigenvalue weighted by atomic mass is 10.0. The van der Waals surface area contributed by atoms with Crippen molar-refractivity contribution in [2.75, 3.05) is 12.1 Å². The summed E-state index contributed by atoms with van der Waals surface area (Å²) >= 11 is 3.08. The van der Waals surface area contributed by atoms with Gasteiger partial charge in [0.05, 0.1) is 29.4 Å². The molecule has 1 aliphatic rings. The predicted molar refractivity (Wildman–Crippen MR) is 131 cm³/mol. The Morgan fingerprint density at radius 3 is 2.56 bits per heavy atom. The number of nitrogens with zero attached hydrogens (tertiary/aromatic N) is 3. The summed E-state index contributed by atoms with van der Waals surface area (Å²) in [6.45, 7) is 0. The van der Waals surface area contributed by atoms with Crippen LogP contribution in [0.1, 0.15) is 22.9 Å². The zero-order chi connectivity index (χ0) is 21.4. The molecule has 3 heterocycles. The molecule has 9 heteroatoms. The number of benzene rings is 2. The lowest BCUT2D eigenvalue weighted by molar-refractivity contribution is 0.386. The van der Waals surface area contributed by atoms with Gasteiger partial charge in [-0.25, -0.2) is 18.8 Å². The summed E-state index contributed by atoms with van der Waals surface area (Å²) in [5, 5.41) is 11.3. The molecule has 32 heavy (non-hydrogen) atoms. The lowest BCUT2D eigenvalue weighted by Gasteiger charge is -2.21. The average molecular weight is 534 g/mol. The molecule has 0 spiro atoms. The zero-order valence-electron chi connectivity index (χ0n) is 16.9. The van der Waals surface area contributed by atoms with Crippen molar-refractivity contribution in [3.8, 4) is 17.0 Å². The Hall–Kier alpha value is -2.62. The Labute approximate surface area is 202 Å². The highest BCUT2D eigenvalue weighted by Gasteiger charge is 2.32. The van der Waals surface area contributed by atoms with Gasteiger partial charge in [-0.3, -0.25) is 0 Å². The molecule has 0 radical (unpaired) electrons. The van der Waals surface area contributed by atoms with Crippen LogP contribution in [0.5, 0.6) is 5.75 Å². The van der Waals surface area contributed by atoms with Crippen LogP contribution in [-0.4, -0.2) is 17.8 Å². The molecule has 0 aliphatic carbocycles. The van der Waals surface area contributed by atoms with Crippen LogP contribution in [0.15, 0.2) is 70.5 Å². The highest BCUT2D eigenvalue weighted by molar-refractivity contribution is 8.93. The van der Waals surface area contributed by atoms with Crippen molar-refractivity contribution < 1.29 is 13.5 Å². The highest BCUT2D eigenvalue weighted by atomic mass is 79.9. The van der Waals surface area contributed by atoms with Gasteiger partial charge >= 0.3 is 0 Å². The number of thiazole rings is 1. The fourth-order valence-electron chi connectivity index (χ4n) is 3.55. The molecule has 1 atom stereocenters.